The van der Waals surface area contributed by atoms with Crippen molar-refractivity contribution in [3.63, 3.8) is 0 Å². The lowest BCUT2D eigenvalue weighted by atomic mass is 10.0. The van der Waals surface area contributed by atoms with E-state index in [9.17, 15) is 24.3 Å². The second kappa shape index (κ2) is 11.4. The summed E-state index contributed by atoms with van der Waals surface area (Å²) in [6, 6.07) is 13.5. The molecule has 3 aromatic rings. The highest BCUT2D eigenvalue weighted by Gasteiger charge is 2.36. The molecule has 0 saturated carbocycles. The van der Waals surface area contributed by atoms with Crippen LogP contribution in [0.1, 0.15) is 32.0 Å². The highest BCUT2D eigenvalue weighted by molar-refractivity contribution is 6.31. The fourth-order valence-electron chi connectivity index (χ4n) is 4.22. The molecule has 0 saturated heterocycles. The molecular formula is C27H26ClN5O5. The zero-order valence-electron chi connectivity index (χ0n) is 20.8. The SMILES string of the molecule is CN(C)CC(=O)Nc1cc(CN2C(=O)c3ccc(Cl)cc3NC(=O)C2Cc2ccccn2)ccc1C(=O)O. The molecule has 38 heavy (non-hydrogen) atoms. The Balaban J connectivity index is 1.73. The van der Waals surface area contributed by atoms with Crippen LogP contribution in [0.15, 0.2) is 60.8 Å². The van der Waals surface area contributed by atoms with E-state index in [1.54, 1.807) is 61.6 Å². The summed E-state index contributed by atoms with van der Waals surface area (Å²) in [5, 5.41) is 15.4. The van der Waals surface area contributed by atoms with Crippen LogP contribution in [0, 0.1) is 0 Å². The normalized spacial score (nSPS) is 15.1. The van der Waals surface area contributed by atoms with Crippen molar-refractivity contribution in [3.8, 4) is 0 Å². The molecule has 3 N–H and O–H groups in total. The third kappa shape index (κ3) is 6.16. The van der Waals surface area contributed by atoms with Gasteiger partial charge < -0.3 is 25.5 Å². The molecule has 0 radical (unpaired) electrons. The number of rotatable bonds is 8. The molecule has 1 atom stereocenters. The van der Waals surface area contributed by atoms with E-state index in [1.807, 2.05) is 0 Å². The van der Waals surface area contributed by atoms with Crippen molar-refractivity contribution in [1.82, 2.24) is 14.8 Å². The zero-order chi connectivity index (χ0) is 27.4. The molecule has 3 amide bonds. The fraction of sp³-hybridized carbons (Fsp3) is 0.222. The number of amides is 3. The predicted octanol–water partition coefficient (Wildman–Crippen LogP) is 3.14. The number of carboxylic acid groups (broad SMARTS) is 1. The third-order valence-electron chi connectivity index (χ3n) is 5.94. The smallest absolute Gasteiger partial charge is 0.337 e. The highest BCUT2D eigenvalue weighted by atomic mass is 35.5. The molecular weight excluding hydrogens is 510 g/mol. The average Bonchev–Trinajstić information content (AvgIpc) is 2.94. The number of fused-ring (bicyclic) bond motifs is 1. The van der Waals surface area contributed by atoms with Crippen molar-refractivity contribution in [2.24, 2.45) is 0 Å². The number of hydrogen-bond acceptors (Lipinski definition) is 6. The minimum absolute atomic E-state index is 0.0255. The number of pyridine rings is 1. The first-order valence-corrected chi connectivity index (χ1v) is 12.1. The Morgan fingerprint density at radius 3 is 2.61 bits per heavy atom. The molecule has 1 aliphatic heterocycles. The number of hydrogen-bond donors (Lipinski definition) is 3. The lowest BCUT2D eigenvalue weighted by Gasteiger charge is -2.29. The maximum atomic E-state index is 13.8. The van der Waals surface area contributed by atoms with Gasteiger partial charge in [0.05, 0.1) is 29.0 Å². The van der Waals surface area contributed by atoms with E-state index in [0.717, 1.165) is 0 Å². The molecule has 0 fully saturated rings. The molecule has 1 aliphatic rings. The van der Waals surface area contributed by atoms with Gasteiger partial charge in [0, 0.05) is 29.9 Å². The number of carbonyl (C=O) groups excluding carboxylic acids is 3. The third-order valence-corrected chi connectivity index (χ3v) is 6.17. The summed E-state index contributed by atoms with van der Waals surface area (Å²) in [5.74, 6) is -2.41. The number of carbonyl (C=O) groups is 4. The Labute approximate surface area is 224 Å². The first kappa shape index (κ1) is 26.8. The summed E-state index contributed by atoms with van der Waals surface area (Å²) >= 11 is 6.12. The van der Waals surface area contributed by atoms with E-state index < -0.39 is 29.7 Å². The lowest BCUT2D eigenvalue weighted by molar-refractivity contribution is -0.120. The van der Waals surface area contributed by atoms with Gasteiger partial charge in [-0.05, 0) is 62.1 Å². The summed E-state index contributed by atoms with van der Waals surface area (Å²) in [5.41, 5.74) is 1.73. The summed E-state index contributed by atoms with van der Waals surface area (Å²) in [6.45, 7) is 0.0296. The molecule has 2 heterocycles. The number of anilines is 2. The number of halogens is 1. The largest absolute Gasteiger partial charge is 0.478 e. The Morgan fingerprint density at radius 1 is 1.13 bits per heavy atom. The van der Waals surface area contributed by atoms with Crippen LogP contribution >= 0.6 is 11.6 Å². The van der Waals surface area contributed by atoms with E-state index in [4.69, 9.17) is 11.6 Å². The molecule has 0 spiro atoms. The van der Waals surface area contributed by atoms with Gasteiger partial charge in [-0.1, -0.05) is 23.7 Å². The van der Waals surface area contributed by atoms with E-state index in [2.05, 4.69) is 15.6 Å². The van der Waals surface area contributed by atoms with Gasteiger partial charge in [-0.2, -0.15) is 0 Å². The van der Waals surface area contributed by atoms with Crippen molar-refractivity contribution >= 4 is 46.7 Å². The van der Waals surface area contributed by atoms with E-state index >= 15 is 0 Å². The zero-order valence-corrected chi connectivity index (χ0v) is 21.5. The van der Waals surface area contributed by atoms with Gasteiger partial charge in [-0.3, -0.25) is 19.4 Å². The molecule has 11 heteroatoms. The van der Waals surface area contributed by atoms with E-state index in [-0.39, 0.29) is 36.3 Å². The van der Waals surface area contributed by atoms with Gasteiger partial charge in [-0.15, -0.1) is 0 Å². The minimum Gasteiger partial charge on any atom is -0.478 e. The Hall–Kier alpha value is -4.28. The monoisotopic (exact) mass is 535 g/mol. The molecule has 10 nitrogen and oxygen atoms in total. The molecule has 1 unspecified atom stereocenters. The topological polar surface area (TPSA) is 132 Å². The summed E-state index contributed by atoms with van der Waals surface area (Å²) in [7, 11) is 3.44. The highest BCUT2D eigenvalue weighted by Crippen LogP contribution is 2.29. The van der Waals surface area contributed by atoms with Crippen LogP contribution in [0.3, 0.4) is 0 Å². The van der Waals surface area contributed by atoms with Gasteiger partial charge in [0.1, 0.15) is 6.04 Å². The van der Waals surface area contributed by atoms with E-state index in [1.165, 1.54) is 23.1 Å². The van der Waals surface area contributed by atoms with Crippen molar-refractivity contribution < 1.29 is 24.3 Å². The number of likely N-dealkylation sites (N-methyl/N-ethyl adjacent to an activating group) is 1. The van der Waals surface area contributed by atoms with Gasteiger partial charge >= 0.3 is 5.97 Å². The van der Waals surface area contributed by atoms with Crippen molar-refractivity contribution in [3.05, 3.63) is 88.2 Å². The maximum Gasteiger partial charge on any atom is 0.337 e. The predicted molar refractivity (Wildman–Crippen MR) is 142 cm³/mol. The van der Waals surface area contributed by atoms with Crippen LogP contribution in [-0.2, 0) is 22.6 Å². The van der Waals surface area contributed by atoms with E-state index in [0.29, 0.717) is 22.0 Å². The van der Waals surface area contributed by atoms with Gasteiger partial charge in [0.2, 0.25) is 11.8 Å². The quantitative estimate of drug-likeness (QED) is 0.403. The lowest BCUT2D eigenvalue weighted by Crippen LogP contribution is -2.46. The Kier molecular flexibility index (Phi) is 8.04. The Bertz CT molecular complexity index is 1400. The van der Waals surface area contributed by atoms with Gasteiger partial charge in [-0.25, -0.2) is 4.79 Å². The van der Waals surface area contributed by atoms with Crippen LogP contribution in [0.4, 0.5) is 11.4 Å². The minimum atomic E-state index is -1.21. The molecule has 4 rings (SSSR count). The van der Waals surface area contributed by atoms with Crippen LogP contribution in [0.25, 0.3) is 0 Å². The van der Waals surface area contributed by atoms with Crippen LogP contribution in [-0.4, -0.2) is 70.3 Å². The number of carboxylic acids is 1. The second-order valence-corrected chi connectivity index (χ2v) is 9.56. The molecule has 0 bridgehead atoms. The summed E-state index contributed by atoms with van der Waals surface area (Å²) < 4.78 is 0. The van der Waals surface area contributed by atoms with Gasteiger partial charge in [0.25, 0.3) is 5.91 Å². The maximum absolute atomic E-state index is 13.8. The van der Waals surface area contributed by atoms with Crippen molar-refractivity contribution in [1.29, 1.82) is 0 Å². The number of nitrogens with zero attached hydrogens (tertiary/aromatic N) is 3. The fourth-order valence-corrected chi connectivity index (χ4v) is 4.39. The number of nitrogens with one attached hydrogen (secondary N) is 2. The first-order chi connectivity index (χ1) is 18.1. The summed E-state index contributed by atoms with van der Waals surface area (Å²) in [4.78, 5) is 58.7. The first-order valence-electron chi connectivity index (χ1n) is 11.7. The number of aromatic carboxylic acids is 1. The second-order valence-electron chi connectivity index (χ2n) is 9.12. The standard InChI is InChI=1S/C27H26ClN5O5/c1-32(2)15-24(34)30-21-11-16(6-8-20(21)27(37)38)14-33-23(13-18-5-3-4-10-29-18)25(35)31-22-12-17(28)7-9-19(22)26(33)36/h3-12,23H,13-15H2,1-2H3,(H,30,34)(H,31,35)(H,37,38). The molecule has 1 aromatic heterocycles. The van der Waals surface area contributed by atoms with Crippen molar-refractivity contribution in [2.75, 3.05) is 31.3 Å². The Morgan fingerprint density at radius 2 is 1.92 bits per heavy atom. The average molecular weight is 536 g/mol. The van der Waals surface area contributed by atoms with Crippen LogP contribution < -0.4 is 10.6 Å². The van der Waals surface area contributed by atoms with Crippen molar-refractivity contribution in [2.45, 2.75) is 19.0 Å². The number of aromatic nitrogens is 1. The molecule has 0 aliphatic carbocycles. The number of benzene rings is 2. The van der Waals surface area contributed by atoms with Gasteiger partial charge in [0.15, 0.2) is 0 Å². The molecule has 196 valence electrons. The summed E-state index contributed by atoms with van der Waals surface area (Å²) in [6.07, 6.45) is 1.76. The molecule has 2 aromatic carbocycles. The van der Waals surface area contributed by atoms with Crippen LogP contribution in [0.5, 0.6) is 0 Å². The van der Waals surface area contributed by atoms with Crippen LogP contribution in [0.2, 0.25) is 5.02 Å².